The minimum atomic E-state index is -1.19. The van der Waals surface area contributed by atoms with Crippen molar-refractivity contribution in [2.75, 3.05) is 7.11 Å². The lowest BCUT2D eigenvalue weighted by molar-refractivity contribution is -0.145. The van der Waals surface area contributed by atoms with Gasteiger partial charge >= 0.3 is 12.1 Å². The first-order valence-electron chi connectivity index (χ1n) is 7.75. The Morgan fingerprint density at radius 2 is 1.92 bits per heavy atom. The normalized spacial score (nSPS) is 21.1. The largest absolute Gasteiger partial charge is 0.480 e. The summed E-state index contributed by atoms with van der Waals surface area (Å²) in [5, 5.41) is 9.53. The Kier molecular flexibility index (Phi) is 5.23. The molecule has 2 rings (SSSR count). The van der Waals surface area contributed by atoms with Gasteiger partial charge in [-0.25, -0.2) is 9.59 Å². The molecule has 1 amide bonds. The zero-order chi connectivity index (χ0) is 18.0. The molecule has 24 heavy (non-hydrogen) atoms. The van der Waals surface area contributed by atoms with E-state index in [-0.39, 0.29) is 12.3 Å². The molecule has 1 heterocycles. The third-order valence-electron chi connectivity index (χ3n) is 4.36. The van der Waals surface area contributed by atoms with Crippen LogP contribution in [0.4, 0.5) is 4.79 Å². The van der Waals surface area contributed by atoms with Gasteiger partial charge in [0.2, 0.25) is 0 Å². The molecule has 7 nitrogen and oxygen atoms in total. The third-order valence-corrected chi connectivity index (χ3v) is 4.36. The number of carbonyl (C=O) groups is 3. The molecule has 0 saturated carbocycles. The maximum absolute atomic E-state index is 12.9. The lowest BCUT2D eigenvalue weighted by atomic mass is 9.83. The van der Waals surface area contributed by atoms with Crippen LogP contribution in [0.1, 0.15) is 31.0 Å². The molecule has 1 aliphatic heterocycles. The molecule has 1 aliphatic rings. The van der Waals surface area contributed by atoms with Gasteiger partial charge in [0.05, 0.1) is 13.2 Å². The Morgan fingerprint density at radius 1 is 1.29 bits per heavy atom. The fourth-order valence-corrected chi connectivity index (χ4v) is 2.97. The van der Waals surface area contributed by atoms with Crippen molar-refractivity contribution in [3.05, 3.63) is 35.4 Å². The van der Waals surface area contributed by atoms with Crippen LogP contribution in [-0.2, 0) is 20.7 Å². The van der Waals surface area contributed by atoms with Crippen LogP contribution in [-0.4, -0.2) is 47.0 Å². The van der Waals surface area contributed by atoms with E-state index in [0.717, 1.165) is 17.6 Å². The molecule has 130 valence electrons. The van der Waals surface area contributed by atoms with Gasteiger partial charge in [0.25, 0.3) is 0 Å². The van der Waals surface area contributed by atoms with Crippen LogP contribution in [0.5, 0.6) is 0 Å². The standard InChI is InChI=1S/C17H22N2O5/c1-9(2)13(18)15(20)14-11-7-5-4-6-10(11)8-12(16(21)22)19(14)17(23)24-3/h4-7,9,12-14H,8,18H2,1-3H3,(H,21,22)/t12?,13-,14?/m0/s1. The molecule has 7 heteroatoms. The Morgan fingerprint density at radius 3 is 2.46 bits per heavy atom. The summed E-state index contributed by atoms with van der Waals surface area (Å²) >= 11 is 0. The van der Waals surface area contributed by atoms with Crippen molar-refractivity contribution in [3.63, 3.8) is 0 Å². The number of methoxy groups -OCH3 is 1. The van der Waals surface area contributed by atoms with Crippen LogP contribution in [0.15, 0.2) is 24.3 Å². The molecular formula is C17H22N2O5. The number of amides is 1. The van der Waals surface area contributed by atoms with Crippen molar-refractivity contribution < 1.29 is 24.2 Å². The van der Waals surface area contributed by atoms with Gasteiger partial charge in [0, 0.05) is 6.42 Å². The maximum Gasteiger partial charge on any atom is 0.411 e. The second-order valence-electron chi connectivity index (χ2n) is 6.21. The van der Waals surface area contributed by atoms with Crippen LogP contribution in [0, 0.1) is 5.92 Å². The average molecular weight is 334 g/mol. The Labute approximate surface area is 140 Å². The average Bonchev–Trinajstić information content (AvgIpc) is 2.57. The highest BCUT2D eigenvalue weighted by atomic mass is 16.5. The quantitative estimate of drug-likeness (QED) is 0.860. The summed E-state index contributed by atoms with van der Waals surface area (Å²) in [4.78, 5) is 37.9. The number of ketones is 1. The van der Waals surface area contributed by atoms with E-state index < -0.39 is 36.0 Å². The Hall–Kier alpha value is -2.41. The van der Waals surface area contributed by atoms with Gasteiger partial charge in [-0.05, 0) is 17.0 Å². The van der Waals surface area contributed by atoms with Crippen molar-refractivity contribution in [1.82, 2.24) is 4.90 Å². The highest BCUT2D eigenvalue weighted by Crippen LogP contribution is 2.35. The number of ether oxygens (including phenoxy) is 1. The van der Waals surface area contributed by atoms with Crippen molar-refractivity contribution in [2.45, 2.75) is 38.4 Å². The number of carboxylic acids is 1. The second-order valence-corrected chi connectivity index (χ2v) is 6.21. The second kappa shape index (κ2) is 7.00. The highest BCUT2D eigenvalue weighted by Gasteiger charge is 2.46. The number of carboxylic acid groups (broad SMARTS) is 1. The first-order chi connectivity index (χ1) is 11.3. The van der Waals surface area contributed by atoms with E-state index in [1.807, 2.05) is 0 Å². The molecule has 0 saturated heterocycles. The number of benzene rings is 1. The number of nitrogens with zero attached hydrogens (tertiary/aromatic N) is 1. The van der Waals surface area contributed by atoms with Crippen molar-refractivity contribution in [1.29, 1.82) is 0 Å². The Balaban J connectivity index is 2.60. The number of hydrogen-bond donors (Lipinski definition) is 2. The molecule has 0 fully saturated rings. The molecular weight excluding hydrogens is 312 g/mol. The number of aliphatic carboxylic acids is 1. The number of rotatable bonds is 4. The van der Waals surface area contributed by atoms with Gasteiger partial charge in [0.1, 0.15) is 12.1 Å². The van der Waals surface area contributed by atoms with E-state index in [4.69, 9.17) is 10.5 Å². The van der Waals surface area contributed by atoms with Crippen LogP contribution >= 0.6 is 0 Å². The zero-order valence-corrected chi connectivity index (χ0v) is 13.9. The summed E-state index contributed by atoms with van der Waals surface area (Å²) in [6.07, 6.45) is -0.743. The van der Waals surface area contributed by atoms with E-state index in [1.165, 1.54) is 0 Å². The van der Waals surface area contributed by atoms with Crippen LogP contribution in [0.2, 0.25) is 0 Å². The van der Waals surface area contributed by atoms with Gasteiger partial charge in [-0.3, -0.25) is 9.69 Å². The van der Waals surface area contributed by atoms with E-state index >= 15 is 0 Å². The summed E-state index contributed by atoms with van der Waals surface area (Å²) in [7, 11) is 1.16. The minimum Gasteiger partial charge on any atom is -0.480 e. The van der Waals surface area contributed by atoms with Crippen LogP contribution < -0.4 is 5.73 Å². The summed E-state index contributed by atoms with van der Waals surface area (Å²) in [6.45, 7) is 3.60. The molecule has 1 aromatic rings. The van der Waals surface area contributed by atoms with Gasteiger partial charge in [0.15, 0.2) is 5.78 Å². The van der Waals surface area contributed by atoms with Gasteiger partial charge in [-0.2, -0.15) is 0 Å². The van der Waals surface area contributed by atoms with E-state index in [0.29, 0.717) is 5.56 Å². The fraction of sp³-hybridized carbons (Fsp3) is 0.471. The van der Waals surface area contributed by atoms with Crippen molar-refractivity contribution in [2.24, 2.45) is 11.7 Å². The molecule has 0 radical (unpaired) electrons. The topological polar surface area (TPSA) is 110 Å². The molecule has 3 atom stereocenters. The molecule has 2 unspecified atom stereocenters. The number of hydrogen-bond acceptors (Lipinski definition) is 5. The number of carbonyl (C=O) groups excluding carboxylic acids is 2. The number of nitrogens with two attached hydrogens (primary N) is 1. The predicted octanol–water partition coefficient (Wildman–Crippen LogP) is 1.36. The first-order valence-corrected chi connectivity index (χ1v) is 7.75. The van der Waals surface area contributed by atoms with E-state index in [9.17, 15) is 19.5 Å². The number of fused-ring (bicyclic) bond motifs is 1. The summed E-state index contributed by atoms with van der Waals surface area (Å²) in [6, 6.07) is 3.94. The summed E-state index contributed by atoms with van der Waals surface area (Å²) in [5.41, 5.74) is 7.32. The van der Waals surface area contributed by atoms with Gasteiger partial charge in [-0.1, -0.05) is 38.1 Å². The number of Topliss-reactive ketones (excluding diaryl/α,β-unsaturated/α-hetero) is 1. The van der Waals surface area contributed by atoms with Crippen LogP contribution in [0.3, 0.4) is 0 Å². The van der Waals surface area contributed by atoms with E-state index in [2.05, 4.69) is 0 Å². The van der Waals surface area contributed by atoms with Gasteiger partial charge < -0.3 is 15.6 Å². The summed E-state index contributed by atoms with van der Waals surface area (Å²) in [5.74, 6) is -1.73. The molecule has 1 aromatic carbocycles. The van der Waals surface area contributed by atoms with Crippen molar-refractivity contribution in [3.8, 4) is 0 Å². The van der Waals surface area contributed by atoms with Crippen LogP contribution in [0.25, 0.3) is 0 Å². The Bertz CT molecular complexity index is 658. The SMILES string of the molecule is COC(=O)N1C(C(=O)O)Cc2ccccc2C1C(=O)[C@@H](N)C(C)C. The smallest absolute Gasteiger partial charge is 0.411 e. The lowest BCUT2D eigenvalue weighted by Crippen LogP contribution is -2.56. The molecule has 0 aliphatic carbocycles. The minimum absolute atomic E-state index is 0.112. The predicted molar refractivity (Wildman–Crippen MR) is 86.4 cm³/mol. The third kappa shape index (κ3) is 3.12. The van der Waals surface area contributed by atoms with E-state index in [1.54, 1.807) is 38.1 Å². The molecule has 0 bridgehead atoms. The zero-order valence-electron chi connectivity index (χ0n) is 13.9. The highest BCUT2D eigenvalue weighted by molar-refractivity contribution is 5.95. The fourth-order valence-electron chi connectivity index (χ4n) is 2.97. The van der Waals surface area contributed by atoms with Gasteiger partial charge in [-0.15, -0.1) is 0 Å². The monoisotopic (exact) mass is 334 g/mol. The molecule has 0 aromatic heterocycles. The molecule has 3 N–H and O–H groups in total. The molecule has 0 spiro atoms. The lowest BCUT2D eigenvalue weighted by Gasteiger charge is -2.40. The first kappa shape index (κ1) is 17.9. The summed E-state index contributed by atoms with van der Waals surface area (Å²) < 4.78 is 4.74. The maximum atomic E-state index is 12.9. The van der Waals surface area contributed by atoms with Crippen molar-refractivity contribution >= 4 is 17.8 Å².